The fourth-order valence-electron chi connectivity index (χ4n) is 1.61. The minimum atomic E-state index is -0.371. The van der Waals surface area contributed by atoms with Gasteiger partial charge in [-0.25, -0.2) is 8.78 Å². The van der Waals surface area contributed by atoms with E-state index in [1.165, 1.54) is 12.1 Å². The number of allylic oxidation sites excluding steroid dienone is 4. The molecule has 0 aromatic heterocycles. The minimum Gasteiger partial charge on any atom is -0.489 e. The van der Waals surface area contributed by atoms with E-state index >= 15 is 0 Å². The zero-order chi connectivity index (χ0) is 15.8. The van der Waals surface area contributed by atoms with Crippen LogP contribution in [0.1, 0.15) is 20.3 Å². The molecule has 0 amide bonds. The van der Waals surface area contributed by atoms with Crippen molar-refractivity contribution in [2.24, 2.45) is 0 Å². The van der Waals surface area contributed by atoms with Crippen molar-refractivity contribution < 1.29 is 13.5 Å². The van der Waals surface area contributed by atoms with E-state index in [4.69, 9.17) is 4.74 Å². The molecular formula is C17H21F2NO. The Labute approximate surface area is 124 Å². The van der Waals surface area contributed by atoms with Crippen LogP contribution in [0.4, 0.5) is 14.5 Å². The van der Waals surface area contributed by atoms with E-state index in [-0.39, 0.29) is 24.7 Å². The molecule has 1 aromatic rings. The molecule has 0 bridgehead atoms. The Morgan fingerprint density at radius 3 is 2.62 bits per heavy atom. The van der Waals surface area contributed by atoms with Crippen LogP contribution in [0.5, 0.6) is 5.75 Å². The van der Waals surface area contributed by atoms with E-state index in [9.17, 15) is 8.78 Å². The van der Waals surface area contributed by atoms with E-state index in [0.717, 1.165) is 11.1 Å². The molecule has 0 aliphatic rings. The highest BCUT2D eigenvalue weighted by Gasteiger charge is 2.02. The SMILES string of the molecule is C=C(C)C/C(F)=C\C=C(/C)COc1ccc(NC)c(F)c1. The molecule has 0 saturated carbocycles. The van der Waals surface area contributed by atoms with Crippen LogP contribution in [-0.2, 0) is 0 Å². The van der Waals surface area contributed by atoms with E-state index in [1.54, 1.807) is 32.2 Å². The third-order valence-corrected chi connectivity index (χ3v) is 2.70. The first-order chi connectivity index (χ1) is 9.92. The zero-order valence-corrected chi connectivity index (χ0v) is 12.7. The van der Waals surface area contributed by atoms with Gasteiger partial charge < -0.3 is 10.1 Å². The molecule has 0 aliphatic carbocycles. The summed E-state index contributed by atoms with van der Waals surface area (Å²) in [5.74, 6) is -0.180. The second-order valence-corrected chi connectivity index (χ2v) is 4.94. The smallest absolute Gasteiger partial charge is 0.149 e. The molecule has 114 valence electrons. The summed E-state index contributed by atoms with van der Waals surface area (Å²) < 4.78 is 32.4. The Bertz CT molecular complexity index is 562. The summed E-state index contributed by atoms with van der Waals surface area (Å²) in [6.45, 7) is 7.52. The minimum absolute atomic E-state index is 0.237. The van der Waals surface area contributed by atoms with Gasteiger partial charge in [0.1, 0.15) is 24.0 Å². The molecule has 2 nitrogen and oxygen atoms in total. The van der Waals surface area contributed by atoms with Crippen LogP contribution in [0.15, 0.2) is 53.9 Å². The van der Waals surface area contributed by atoms with Gasteiger partial charge in [0.15, 0.2) is 0 Å². The van der Waals surface area contributed by atoms with E-state index in [1.807, 2.05) is 6.92 Å². The number of anilines is 1. The third kappa shape index (κ3) is 6.25. The van der Waals surface area contributed by atoms with Crippen molar-refractivity contribution in [1.29, 1.82) is 0 Å². The Balaban J connectivity index is 2.58. The first kappa shape index (κ1) is 17.0. The van der Waals surface area contributed by atoms with E-state index in [0.29, 0.717) is 11.4 Å². The number of halogens is 2. The Morgan fingerprint density at radius 1 is 1.33 bits per heavy atom. The van der Waals surface area contributed by atoms with Crippen molar-refractivity contribution in [2.75, 3.05) is 19.0 Å². The molecule has 0 spiro atoms. The maximum Gasteiger partial charge on any atom is 0.149 e. The number of rotatable bonds is 7. The van der Waals surface area contributed by atoms with Gasteiger partial charge in [-0.3, -0.25) is 0 Å². The molecule has 0 heterocycles. The quantitative estimate of drug-likeness (QED) is 0.563. The van der Waals surface area contributed by atoms with Crippen LogP contribution in [0.2, 0.25) is 0 Å². The maximum absolute atomic E-state index is 13.5. The van der Waals surface area contributed by atoms with Crippen molar-refractivity contribution in [1.82, 2.24) is 0 Å². The molecule has 21 heavy (non-hydrogen) atoms. The molecule has 0 saturated heterocycles. The first-order valence-corrected chi connectivity index (χ1v) is 6.68. The van der Waals surface area contributed by atoms with Crippen molar-refractivity contribution in [3.63, 3.8) is 0 Å². The van der Waals surface area contributed by atoms with Crippen molar-refractivity contribution in [3.8, 4) is 5.75 Å². The van der Waals surface area contributed by atoms with Crippen LogP contribution < -0.4 is 10.1 Å². The number of benzene rings is 1. The lowest BCUT2D eigenvalue weighted by atomic mass is 10.2. The van der Waals surface area contributed by atoms with Gasteiger partial charge >= 0.3 is 0 Å². The highest BCUT2D eigenvalue weighted by Crippen LogP contribution is 2.20. The molecule has 0 unspecified atom stereocenters. The lowest BCUT2D eigenvalue weighted by molar-refractivity contribution is 0.350. The summed E-state index contributed by atoms with van der Waals surface area (Å²) in [5, 5.41) is 2.74. The normalized spacial score (nSPS) is 12.2. The van der Waals surface area contributed by atoms with Crippen LogP contribution in [0, 0.1) is 5.82 Å². The van der Waals surface area contributed by atoms with Crippen LogP contribution in [-0.4, -0.2) is 13.7 Å². The summed E-state index contributed by atoms with van der Waals surface area (Å²) >= 11 is 0. The molecule has 4 heteroatoms. The molecule has 0 radical (unpaired) electrons. The second kappa shape index (κ2) is 8.25. The standard InChI is InChI=1S/C17H21F2NO/c1-12(2)9-14(18)6-5-13(3)11-21-15-7-8-17(20-4)16(19)10-15/h5-8,10,20H,1,9,11H2,2-4H3/b13-5+,14-6+. The van der Waals surface area contributed by atoms with Gasteiger partial charge in [-0.2, -0.15) is 0 Å². The average molecular weight is 293 g/mol. The second-order valence-electron chi connectivity index (χ2n) is 4.94. The van der Waals surface area contributed by atoms with Crippen LogP contribution >= 0.6 is 0 Å². The molecule has 0 fully saturated rings. The Hall–Kier alpha value is -2.10. The molecular weight excluding hydrogens is 272 g/mol. The van der Waals surface area contributed by atoms with Gasteiger partial charge in [0, 0.05) is 19.5 Å². The Morgan fingerprint density at radius 2 is 2.05 bits per heavy atom. The largest absolute Gasteiger partial charge is 0.489 e. The number of hydrogen-bond donors (Lipinski definition) is 1. The lowest BCUT2D eigenvalue weighted by Crippen LogP contribution is -2.00. The average Bonchev–Trinajstić information content (AvgIpc) is 2.42. The summed E-state index contributed by atoms with van der Waals surface area (Å²) in [4.78, 5) is 0. The summed E-state index contributed by atoms with van der Waals surface area (Å²) in [6.07, 6.45) is 3.29. The van der Waals surface area contributed by atoms with E-state index < -0.39 is 0 Å². The fraction of sp³-hybridized carbons (Fsp3) is 0.294. The first-order valence-electron chi connectivity index (χ1n) is 6.68. The fourth-order valence-corrected chi connectivity index (χ4v) is 1.61. The number of nitrogens with one attached hydrogen (secondary N) is 1. The topological polar surface area (TPSA) is 21.3 Å². The summed E-state index contributed by atoms with van der Waals surface area (Å²) in [6, 6.07) is 4.60. The molecule has 0 aliphatic heterocycles. The predicted molar refractivity (Wildman–Crippen MR) is 83.8 cm³/mol. The van der Waals surface area contributed by atoms with Crippen LogP contribution in [0.3, 0.4) is 0 Å². The summed E-state index contributed by atoms with van der Waals surface area (Å²) in [5.41, 5.74) is 2.02. The zero-order valence-electron chi connectivity index (χ0n) is 12.7. The van der Waals surface area contributed by atoms with Gasteiger partial charge in [0.2, 0.25) is 0 Å². The van der Waals surface area contributed by atoms with Gasteiger partial charge in [-0.05, 0) is 37.6 Å². The molecule has 1 aromatic carbocycles. The van der Waals surface area contributed by atoms with Gasteiger partial charge in [0.05, 0.1) is 5.69 Å². The maximum atomic E-state index is 13.5. The lowest BCUT2D eigenvalue weighted by Gasteiger charge is -2.08. The highest BCUT2D eigenvalue weighted by molar-refractivity contribution is 5.47. The van der Waals surface area contributed by atoms with Gasteiger partial charge in [-0.15, -0.1) is 0 Å². The van der Waals surface area contributed by atoms with Crippen molar-refractivity contribution >= 4 is 5.69 Å². The third-order valence-electron chi connectivity index (χ3n) is 2.70. The molecule has 1 rings (SSSR count). The van der Waals surface area contributed by atoms with Crippen molar-refractivity contribution in [3.05, 3.63) is 59.7 Å². The van der Waals surface area contributed by atoms with Crippen molar-refractivity contribution in [2.45, 2.75) is 20.3 Å². The van der Waals surface area contributed by atoms with Gasteiger partial charge in [-0.1, -0.05) is 18.2 Å². The number of ether oxygens (including phenoxy) is 1. The predicted octanol–water partition coefficient (Wildman–Crippen LogP) is 5.01. The molecule has 1 N–H and O–H groups in total. The van der Waals surface area contributed by atoms with E-state index in [2.05, 4.69) is 11.9 Å². The molecule has 0 atom stereocenters. The highest BCUT2D eigenvalue weighted by atomic mass is 19.1. The van der Waals surface area contributed by atoms with Gasteiger partial charge in [0.25, 0.3) is 0 Å². The Kier molecular flexibility index (Phi) is 6.66. The van der Waals surface area contributed by atoms with Crippen LogP contribution in [0.25, 0.3) is 0 Å². The number of hydrogen-bond acceptors (Lipinski definition) is 2. The monoisotopic (exact) mass is 293 g/mol. The summed E-state index contributed by atoms with van der Waals surface area (Å²) in [7, 11) is 1.65.